The van der Waals surface area contributed by atoms with Gasteiger partial charge in [-0.05, 0) is 42.0 Å². The fraction of sp³-hybridized carbons (Fsp3) is 0.0833. The maximum Gasteiger partial charge on any atom is 0.416 e. The molecule has 0 saturated heterocycles. The van der Waals surface area contributed by atoms with Gasteiger partial charge in [-0.1, -0.05) is 24.3 Å². The third-order valence-electron chi connectivity index (χ3n) is 5.66. The Balaban J connectivity index is 1.85. The van der Waals surface area contributed by atoms with Crippen molar-refractivity contribution in [3.63, 3.8) is 0 Å². The molecular weight excluding hydrogens is 447 g/mol. The lowest BCUT2D eigenvalue weighted by Gasteiger charge is -2.28. The Hall–Kier alpha value is -3.32. The largest absolute Gasteiger partial charge is 0.416 e. The highest BCUT2D eigenvalue weighted by molar-refractivity contribution is 6.30. The van der Waals surface area contributed by atoms with E-state index in [2.05, 4.69) is 9.97 Å². The minimum atomic E-state index is -4.53. The molecule has 0 bridgehead atoms. The Morgan fingerprint density at radius 1 is 0.625 bits per heavy atom. The molecule has 0 atom stereocenters. The number of benzene rings is 3. The number of H-pyrrole nitrogens is 2. The average molecular weight is 461 g/mol. The van der Waals surface area contributed by atoms with Crippen LogP contribution in [0.15, 0.2) is 73.1 Å². The van der Waals surface area contributed by atoms with E-state index in [1.165, 1.54) is 48.8 Å². The van der Waals surface area contributed by atoms with E-state index in [-0.39, 0.29) is 27.5 Å². The van der Waals surface area contributed by atoms with Gasteiger partial charge in [0.25, 0.3) is 0 Å². The van der Waals surface area contributed by atoms with Crippen LogP contribution in [-0.2, 0) is 11.1 Å². The van der Waals surface area contributed by atoms with Gasteiger partial charge < -0.3 is 9.97 Å². The number of alkyl halides is 4. The summed E-state index contributed by atoms with van der Waals surface area (Å²) in [4.78, 5) is 4.22. The van der Waals surface area contributed by atoms with Crippen LogP contribution >= 0.6 is 11.6 Å². The molecule has 0 spiro atoms. The molecule has 162 valence electrons. The van der Waals surface area contributed by atoms with E-state index >= 15 is 0 Å². The first kappa shape index (κ1) is 20.6. The molecule has 0 fully saturated rings. The smallest absolute Gasteiger partial charge is 0.361 e. The van der Waals surface area contributed by atoms with Crippen molar-refractivity contribution in [2.75, 3.05) is 0 Å². The van der Waals surface area contributed by atoms with Crippen molar-refractivity contribution in [2.45, 2.75) is 11.1 Å². The first-order chi connectivity index (χ1) is 15.2. The number of halogens is 6. The van der Waals surface area contributed by atoms with Crippen LogP contribution in [0.2, 0.25) is 0 Å². The molecular formula is C24H14ClF5N2. The Morgan fingerprint density at radius 3 is 1.50 bits per heavy atom. The minimum absolute atomic E-state index is 0.174. The molecule has 0 aliphatic carbocycles. The Kier molecular flexibility index (Phi) is 4.57. The highest BCUT2D eigenvalue weighted by atomic mass is 35.5. The predicted molar refractivity (Wildman–Crippen MR) is 114 cm³/mol. The van der Waals surface area contributed by atoms with Crippen LogP contribution in [0.3, 0.4) is 0 Å². The zero-order valence-corrected chi connectivity index (χ0v) is 17.0. The summed E-state index contributed by atoms with van der Waals surface area (Å²) >= 11 is 7.21. The summed E-state index contributed by atoms with van der Waals surface area (Å²) in [5, 5.41) is 0.348. The van der Waals surface area contributed by atoms with Crippen LogP contribution in [0.5, 0.6) is 0 Å². The van der Waals surface area contributed by atoms with E-state index < -0.39 is 28.2 Å². The number of hydrogen-bond acceptors (Lipinski definition) is 0. The zero-order valence-electron chi connectivity index (χ0n) is 16.2. The van der Waals surface area contributed by atoms with Crippen LogP contribution in [0.4, 0.5) is 22.0 Å². The topological polar surface area (TPSA) is 31.6 Å². The number of rotatable bonds is 3. The summed E-state index contributed by atoms with van der Waals surface area (Å²) in [5.41, 5.74) is 0.817. The van der Waals surface area contributed by atoms with E-state index in [9.17, 15) is 22.0 Å². The maximum absolute atomic E-state index is 14.9. The minimum Gasteiger partial charge on any atom is -0.361 e. The summed E-state index contributed by atoms with van der Waals surface area (Å²) in [6.45, 7) is 0. The summed E-state index contributed by atoms with van der Waals surface area (Å²) in [6, 6.07) is 13.2. The number of aromatic amines is 2. The molecule has 5 aromatic rings. The SMILES string of the molecule is Fc1cccc2[nH]cc(C(Cl)(c3ccc(C(F)(F)F)cc3)c3c[nH]c4cccc(F)c34)c12. The second kappa shape index (κ2) is 7.10. The highest BCUT2D eigenvalue weighted by Crippen LogP contribution is 2.49. The maximum atomic E-state index is 14.9. The Morgan fingerprint density at radius 2 is 1.06 bits per heavy atom. The van der Waals surface area contributed by atoms with E-state index in [4.69, 9.17) is 11.6 Å². The van der Waals surface area contributed by atoms with E-state index in [1.54, 1.807) is 12.1 Å². The van der Waals surface area contributed by atoms with Crippen LogP contribution in [0.25, 0.3) is 21.8 Å². The van der Waals surface area contributed by atoms with Gasteiger partial charge in [0.2, 0.25) is 0 Å². The quantitative estimate of drug-likeness (QED) is 0.207. The van der Waals surface area contributed by atoms with Crippen molar-refractivity contribution in [3.8, 4) is 0 Å². The fourth-order valence-corrected chi connectivity index (χ4v) is 4.59. The van der Waals surface area contributed by atoms with Crippen molar-refractivity contribution in [2.24, 2.45) is 0 Å². The molecule has 0 aliphatic heterocycles. The van der Waals surface area contributed by atoms with E-state index in [1.807, 2.05) is 0 Å². The van der Waals surface area contributed by atoms with E-state index in [0.717, 1.165) is 12.1 Å². The predicted octanol–water partition coefficient (Wildman–Crippen LogP) is 7.48. The van der Waals surface area contributed by atoms with Gasteiger partial charge >= 0.3 is 6.18 Å². The Labute approximate surface area is 183 Å². The van der Waals surface area contributed by atoms with Gasteiger partial charge in [-0.2, -0.15) is 13.2 Å². The van der Waals surface area contributed by atoms with Crippen molar-refractivity contribution in [1.82, 2.24) is 9.97 Å². The molecule has 2 nitrogen and oxygen atoms in total. The normalized spacial score (nSPS) is 12.7. The lowest BCUT2D eigenvalue weighted by Crippen LogP contribution is -2.22. The molecule has 2 aromatic heterocycles. The van der Waals surface area contributed by atoms with Crippen molar-refractivity contribution >= 4 is 33.4 Å². The first-order valence-electron chi connectivity index (χ1n) is 9.60. The first-order valence-corrected chi connectivity index (χ1v) is 9.98. The van der Waals surface area contributed by atoms with Gasteiger partial charge in [0.1, 0.15) is 16.5 Å². The lowest BCUT2D eigenvalue weighted by atomic mass is 9.83. The average Bonchev–Trinajstić information content (AvgIpc) is 3.39. The van der Waals surface area contributed by atoms with Gasteiger partial charge in [0, 0.05) is 45.3 Å². The second-order valence-corrected chi connectivity index (χ2v) is 8.03. The second-order valence-electron chi connectivity index (χ2n) is 7.46. The van der Waals surface area contributed by atoms with Gasteiger partial charge in [-0.15, -0.1) is 11.6 Å². The van der Waals surface area contributed by atoms with Gasteiger partial charge in [0.05, 0.1) is 5.56 Å². The van der Waals surface area contributed by atoms with Gasteiger partial charge in [-0.3, -0.25) is 0 Å². The number of fused-ring (bicyclic) bond motifs is 2. The molecule has 8 heteroatoms. The van der Waals surface area contributed by atoms with Crippen molar-refractivity contribution in [1.29, 1.82) is 0 Å². The molecule has 5 rings (SSSR count). The standard InChI is InChI=1S/C24H14ClF5N2/c25-23(13-7-9-14(10-8-13)24(28,29)30,15-11-31-19-5-1-3-17(26)21(15)19)16-12-32-20-6-2-4-18(27)22(16)20/h1-12,31-32H. The monoisotopic (exact) mass is 460 g/mol. The third kappa shape index (κ3) is 2.99. The van der Waals surface area contributed by atoms with Crippen LogP contribution in [0, 0.1) is 11.6 Å². The van der Waals surface area contributed by atoms with Crippen LogP contribution < -0.4 is 0 Å². The van der Waals surface area contributed by atoms with Crippen LogP contribution in [-0.4, -0.2) is 9.97 Å². The molecule has 0 amide bonds. The lowest BCUT2D eigenvalue weighted by molar-refractivity contribution is -0.137. The molecule has 2 heterocycles. The van der Waals surface area contributed by atoms with Gasteiger partial charge in [0.15, 0.2) is 0 Å². The molecule has 2 N–H and O–H groups in total. The van der Waals surface area contributed by atoms with Gasteiger partial charge in [-0.25, -0.2) is 8.78 Å². The number of hydrogen-bond donors (Lipinski definition) is 2. The molecule has 0 radical (unpaired) electrons. The molecule has 32 heavy (non-hydrogen) atoms. The van der Waals surface area contributed by atoms with E-state index in [0.29, 0.717) is 11.0 Å². The van der Waals surface area contributed by atoms with Crippen LogP contribution in [0.1, 0.15) is 22.3 Å². The third-order valence-corrected chi connectivity index (χ3v) is 6.29. The summed E-state index contributed by atoms with van der Waals surface area (Å²) < 4.78 is 69.2. The Bertz CT molecular complexity index is 1370. The summed E-state index contributed by atoms with van der Waals surface area (Å²) in [5.74, 6) is -1.12. The molecule has 0 aliphatic rings. The molecule has 0 unspecified atom stereocenters. The zero-order chi connectivity index (χ0) is 22.7. The molecule has 3 aromatic carbocycles. The summed E-state index contributed by atoms with van der Waals surface area (Å²) in [6.07, 6.45) is -1.54. The van der Waals surface area contributed by atoms with Crippen molar-refractivity contribution < 1.29 is 22.0 Å². The number of aromatic nitrogens is 2. The van der Waals surface area contributed by atoms with Crippen molar-refractivity contribution in [3.05, 3.63) is 107 Å². The molecule has 0 saturated carbocycles. The number of nitrogens with one attached hydrogen (secondary N) is 2. The summed E-state index contributed by atoms with van der Waals surface area (Å²) in [7, 11) is 0. The highest BCUT2D eigenvalue weighted by Gasteiger charge is 2.40. The fourth-order valence-electron chi connectivity index (χ4n) is 4.17.